The van der Waals surface area contributed by atoms with Gasteiger partial charge in [0.25, 0.3) is 0 Å². The van der Waals surface area contributed by atoms with E-state index in [-0.39, 0.29) is 6.61 Å². The summed E-state index contributed by atoms with van der Waals surface area (Å²) >= 11 is 11.4. The van der Waals surface area contributed by atoms with E-state index >= 15 is 0 Å². The molecule has 0 unspecified atom stereocenters. The van der Waals surface area contributed by atoms with Crippen LogP contribution in [0.25, 0.3) is 0 Å². The first kappa shape index (κ1) is 9.74. The average molecular weight is 207 g/mol. The van der Waals surface area contributed by atoms with E-state index in [4.69, 9.17) is 34.0 Å². The molecule has 0 saturated carbocycles. The lowest BCUT2D eigenvalue weighted by molar-refractivity contribution is 0.266. The van der Waals surface area contributed by atoms with E-state index in [0.29, 0.717) is 15.7 Å². The third-order valence-corrected chi connectivity index (χ3v) is 1.89. The van der Waals surface area contributed by atoms with Gasteiger partial charge in [0, 0.05) is 6.20 Å². The number of aliphatic hydroxyl groups excluding tert-OH is 1. The van der Waals surface area contributed by atoms with Crippen molar-refractivity contribution in [3.63, 3.8) is 0 Å². The topological polar surface area (TPSA) is 59.1 Å². The molecule has 0 radical (unpaired) electrons. The number of hydrogen-bond donors (Lipinski definition) is 2. The van der Waals surface area contributed by atoms with E-state index < -0.39 is 6.04 Å². The van der Waals surface area contributed by atoms with Crippen molar-refractivity contribution in [1.82, 2.24) is 4.98 Å². The quantitative estimate of drug-likeness (QED) is 0.770. The van der Waals surface area contributed by atoms with E-state index in [2.05, 4.69) is 4.98 Å². The van der Waals surface area contributed by atoms with E-state index in [1.807, 2.05) is 0 Å². The fraction of sp³-hybridized carbons (Fsp3) is 0.286. The van der Waals surface area contributed by atoms with Crippen LogP contribution in [0.4, 0.5) is 0 Å². The van der Waals surface area contributed by atoms with Crippen LogP contribution in [0, 0.1) is 0 Å². The van der Waals surface area contributed by atoms with Gasteiger partial charge in [0.15, 0.2) is 0 Å². The number of pyridine rings is 1. The molecule has 66 valence electrons. The Kier molecular flexibility index (Phi) is 3.29. The van der Waals surface area contributed by atoms with Gasteiger partial charge < -0.3 is 10.8 Å². The third-order valence-electron chi connectivity index (χ3n) is 1.38. The Hall–Kier alpha value is -0.350. The van der Waals surface area contributed by atoms with Crippen molar-refractivity contribution in [2.24, 2.45) is 5.73 Å². The normalized spacial score (nSPS) is 13.0. The summed E-state index contributed by atoms with van der Waals surface area (Å²) in [5.74, 6) is 0. The van der Waals surface area contributed by atoms with Crippen molar-refractivity contribution in [3.8, 4) is 0 Å². The van der Waals surface area contributed by atoms with Crippen LogP contribution in [0.2, 0.25) is 10.0 Å². The van der Waals surface area contributed by atoms with Crippen LogP contribution in [0.5, 0.6) is 0 Å². The van der Waals surface area contributed by atoms with E-state index in [0.717, 1.165) is 0 Å². The van der Waals surface area contributed by atoms with Crippen molar-refractivity contribution in [1.29, 1.82) is 0 Å². The van der Waals surface area contributed by atoms with Gasteiger partial charge in [-0.2, -0.15) is 0 Å². The molecule has 1 aromatic heterocycles. The predicted octanol–water partition coefficient (Wildman–Crippen LogP) is 1.38. The zero-order valence-corrected chi connectivity index (χ0v) is 7.68. The van der Waals surface area contributed by atoms with Gasteiger partial charge in [0.2, 0.25) is 0 Å². The van der Waals surface area contributed by atoms with Gasteiger partial charge >= 0.3 is 0 Å². The summed E-state index contributed by atoms with van der Waals surface area (Å²) in [6.45, 7) is -0.186. The van der Waals surface area contributed by atoms with Crippen molar-refractivity contribution in [2.45, 2.75) is 6.04 Å². The van der Waals surface area contributed by atoms with Gasteiger partial charge in [0.05, 0.1) is 28.4 Å². The second-order valence-electron chi connectivity index (χ2n) is 2.31. The molecule has 5 heteroatoms. The summed E-state index contributed by atoms with van der Waals surface area (Å²) in [7, 11) is 0. The molecule has 12 heavy (non-hydrogen) atoms. The van der Waals surface area contributed by atoms with Gasteiger partial charge in [-0.3, -0.25) is 4.98 Å². The SMILES string of the molecule is N[C@H](CO)c1ncc(Cl)cc1Cl. The first-order valence-corrected chi connectivity index (χ1v) is 4.08. The largest absolute Gasteiger partial charge is 0.394 e. The lowest BCUT2D eigenvalue weighted by Crippen LogP contribution is -2.16. The zero-order chi connectivity index (χ0) is 9.14. The summed E-state index contributed by atoms with van der Waals surface area (Å²) < 4.78 is 0. The Labute approximate surface area is 80.1 Å². The van der Waals surface area contributed by atoms with Crippen molar-refractivity contribution in [2.75, 3.05) is 6.61 Å². The Morgan fingerprint density at radius 1 is 1.58 bits per heavy atom. The van der Waals surface area contributed by atoms with Gasteiger partial charge in [0.1, 0.15) is 0 Å². The van der Waals surface area contributed by atoms with Gasteiger partial charge in [-0.1, -0.05) is 23.2 Å². The average Bonchev–Trinajstić information content (AvgIpc) is 2.03. The smallest absolute Gasteiger partial charge is 0.0781 e. The standard InChI is InChI=1S/C7H8Cl2N2O/c8-4-1-5(9)7(11-2-4)6(10)3-12/h1-2,6,12H,3,10H2/t6-/m1/s1. The van der Waals surface area contributed by atoms with E-state index in [9.17, 15) is 0 Å². The molecule has 0 aliphatic rings. The number of nitrogens with zero attached hydrogens (tertiary/aromatic N) is 1. The van der Waals surface area contributed by atoms with E-state index in [1.54, 1.807) is 6.07 Å². The highest BCUT2D eigenvalue weighted by Crippen LogP contribution is 2.21. The highest BCUT2D eigenvalue weighted by Gasteiger charge is 2.10. The molecule has 0 bridgehead atoms. The molecule has 1 aromatic rings. The number of hydrogen-bond acceptors (Lipinski definition) is 3. The van der Waals surface area contributed by atoms with Crippen LogP contribution in [0.1, 0.15) is 11.7 Å². The Morgan fingerprint density at radius 2 is 2.25 bits per heavy atom. The maximum absolute atomic E-state index is 8.73. The minimum Gasteiger partial charge on any atom is -0.394 e. The minimum atomic E-state index is -0.547. The Morgan fingerprint density at radius 3 is 2.75 bits per heavy atom. The van der Waals surface area contributed by atoms with Crippen molar-refractivity contribution >= 4 is 23.2 Å². The van der Waals surface area contributed by atoms with Crippen molar-refractivity contribution in [3.05, 3.63) is 28.0 Å². The van der Waals surface area contributed by atoms with Crippen LogP contribution in [0.3, 0.4) is 0 Å². The van der Waals surface area contributed by atoms with Crippen molar-refractivity contribution < 1.29 is 5.11 Å². The number of aromatic nitrogens is 1. The fourth-order valence-corrected chi connectivity index (χ4v) is 1.30. The Bertz CT molecular complexity index is 280. The molecule has 0 aliphatic carbocycles. The minimum absolute atomic E-state index is 0.186. The van der Waals surface area contributed by atoms with Crippen LogP contribution < -0.4 is 5.73 Å². The molecule has 3 nitrogen and oxygen atoms in total. The van der Waals surface area contributed by atoms with Crippen LogP contribution in [0.15, 0.2) is 12.3 Å². The molecular weight excluding hydrogens is 199 g/mol. The lowest BCUT2D eigenvalue weighted by Gasteiger charge is -2.08. The predicted molar refractivity (Wildman–Crippen MR) is 48.3 cm³/mol. The molecule has 0 amide bonds. The third kappa shape index (κ3) is 2.08. The second-order valence-corrected chi connectivity index (χ2v) is 3.15. The number of rotatable bonds is 2. The number of nitrogens with two attached hydrogens (primary N) is 1. The molecule has 0 saturated heterocycles. The first-order chi connectivity index (χ1) is 5.65. The van der Waals surface area contributed by atoms with Crippen LogP contribution in [-0.2, 0) is 0 Å². The molecule has 0 spiro atoms. The number of aliphatic hydroxyl groups is 1. The highest BCUT2D eigenvalue weighted by atomic mass is 35.5. The highest BCUT2D eigenvalue weighted by molar-refractivity contribution is 6.34. The Balaban J connectivity index is 3.01. The van der Waals surface area contributed by atoms with Gasteiger partial charge in [-0.25, -0.2) is 0 Å². The maximum Gasteiger partial charge on any atom is 0.0781 e. The summed E-state index contributed by atoms with van der Waals surface area (Å²) in [6.07, 6.45) is 1.44. The van der Waals surface area contributed by atoms with Crippen LogP contribution in [-0.4, -0.2) is 16.7 Å². The first-order valence-electron chi connectivity index (χ1n) is 3.32. The molecule has 0 aromatic carbocycles. The molecular formula is C7H8Cl2N2O. The van der Waals surface area contributed by atoms with Gasteiger partial charge in [-0.05, 0) is 6.07 Å². The molecule has 1 heterocycles. The van der Waals surface area contributed by atoms with Gasteiger partial charge in [-0.15, -0.1) is 0 Å². The van der Waals surface area contributed by atoms with E-state index in [1.165, 1.54) is 6.20 Å². The monoisotopic (exact) mass is 206 g/mol. The fourth-order valence-electron chi connectivity index (χ4n) is 0.784. The van der Waals surface area contributed by atoms with Crippen LogP contribution >= 0.6 is 23.2 Å². The summed E-state index contributed by atoms with van der Waals surface area (Å²) in [4.78, 5) is 3.90. The lowest BCUT2D eigenvalue weighted by atomic mass is 10.2. The molecule has 3 N–H and O–H groups in total. The zero-order valence-electron chi connectivity index (χ0n) is 6.17. The molecule has 0 fully saturated rings. The summed E-state index contributed by atoms with van der Waals surface area (Å²) in [6, 6.07) is 0.996. The molecule has 1 atom stereocenters. The molecule has 0 aliphatic heterocycles. The summed E-state index contributed by atoms with van der Waals surface area (Å²) in [5.41, 5.74) is 5.97. The molecule has 1 rings (SSSR count). The second kappa shape index (κ2) is 4.05. The number of halogens is 2. The maximum atomic E-state index is 8.73. The summed E-state index contributed by atoms with van der Waals surface area (Å²) in [5, 5.41) is 9.56.